The molecule has 2 saturated heterocycles. The second-order valence-corrected chi connectivity index (χ2v) is 6.04. The van der Waals surface area contributed by atoms with E-state index in [1.165, 1.54) is 5.56 Å². The predicted molar refractivity (Wildman–Crippen MR) is 91.0 cm³/mol. The van der Waals surface area contributed by atoms with E-state index in [-0.39, 0.29) is 29.8 Å². The Morgan fingerprint density at radius 1 is 1.22 bits per heavy atom. The van der Waals surface area contributed by atoms with Crippen LogP contribution in [-0.2, 0) is 19.7 Å². The van der Waals surface area contributed by atoms with Crippen LogP contribution in [0.4, 0.5) is 0 Å². The second-order valence-electron chi connectivity index (χ2n) is 6.04. The number of halogens is 1. The molecule has 0 aliphatic carbocycles. The number of nitrogens with one attached hydrogen (secondary N) is 2. The Balaban J connectivity index is 0.00000192. The highest BCUT2D eigenvalue weighted by Crippen LogP contribution is 2.34. The number of ether oxygens (including phenoxy) is 2. The van der Waals surface area contributed by atoms with Gasteiger partial charge in [0.15, 0.2) is 0 Å². The van der Waals surface area contributed by atoms with Crippen molar-refractivity contribution < 1.29 is 14.3 Å². The van der Waals surface area contributed by atoms with Crippen LogP contribution in [0.3, 0.4) is 0 Å². The Labute approximate surface area is 143 Å². The van der Waals surface area contributed by atoms with Crippen molar-refractivity contribution in [1.82, 2.24) is 10.6 Å². The lowest BCUT2D eigenvalue weighted by molar-refractivity contribution is -0.134. The van der Waals surface area contributed by atoms with Gasteiger partial charge < -0.3 is 20.1 Å². The van der Waals surface area contributed by atoms with Gasteiger partial charge in [-0.2, -0.15) is 0 Å². The molecule has 2 fully saturated rings. The van der Waals surface area contributed by atoms with Crippen molar-refractivity contribution in [2.75, 3.05) is 39.5 Å². The van der Waals surface area contributed by atoms with E-state index in [9.17, 15) is 4.79 Å². The van der Waals surface area contributed by atoms with Gasteiger partial charge in [-0.3, -0.25) is 4.79 Å². The fourth-order valence-electron chi connectivity index (χ4n) is 3.23. The molecule has 2 aliphatic rings. The monoisotopic (exact) mass is 340 g/mol. The quantitative estimate of drug-likeness (QED) is 0.866. The largest absolute Gasteiger partial charge is 0.381 e. The van der Waals surface area contributed by atoms with Crippen molar-refractivity contribution in [2.24, 2.45) is 0 Å². The summed E-state index contributed by atoms with van der Waals surface area (Å²) in [6.07, 6.45) is 1.49. The van der Waals surface area contributed by atoms with Crippen LogP contribution in [0.1, 0.15) is 18.4 Å². The summed E-state index contributed by atoms with van der Waals surface area (Å²) in [5, 5.41) is 6.29. The topological polar surface area (TPSA) is 59.6 Å². The van der Waals surface area contributed by atoms with Crippen molar-refractivity contribution in [3.05, 3.63) is 35.9 Å². The first-order valence-corrected chi connectivity index (χ1v) is 8.03. The average molecular weight is 341 g/mol. The fourth-order valence-corrected chi connectivity index (χ4v) is 3.23. The van der Waals surface area contributed by atoms with Gasteiger partial charge in [0.05, 0.1) is 6.61 Å². The minimum absolute atomic E-state index is 0. The van der Waals surface area contributed by atoms with Crippen molar-refractivity contribution in [3.63, 3.8) is 0 Å². The molecule has 3 rings (SSSR count). The van der Waals surface area contributed by atoms with Crippen LogP contribution in [0.2, 0.25) is 0 Å². The van der Waals surface area contributed by atoms with Gasteiger partial charge in [-0.1, -0.05) is 30.3 Å². The summed E-state index contributed by atoms with van der Waals surface area (Å²) in [7, 11) is 0. The molecule has 23 heavy (non-hydrogen) atoms. The molecule has 0 saturated carbocycles. The van der Waals surface area contributed by atoms with Crippen LogP contribution in [-0.4, -0.2) is 51.5 Å². The van der Waals surface area contributed by atoms with Crippen LogP contribution in [0.5, 0.6) is 0 Å². The number of hydrogen-bond donors (Lipinski definition) is 2. The van der Waals surface area contributed by atoms with Crippen LogP contribution >= 0.6 is 12.4 Å². The third-order valence-electron chi connectivity index (χ3n) is 4.66. The van der Waals surface area contributed by atoms with E-state index in [4.69, 9.17) is 9.47 Å². The summed E-state index contributed by atoms with van der Waals surface area (Å²) in [6.45, 7) is 4.12. The van der Waals surface area contributed by atoms with Gasteiger partial charge in [-0.15, -0.1) is 12.4 Å². The third-order valence-corrected chi connectivity index (χ3v) is 4.66. The molecular formula is C17H25ClN2O3. The summed E-state index contributed by atoms with van der Waals surface area (Å²) in [5.74, 6) is -0.0194. The van der Waals surface area contributed by atoms with Crippen LogP contribution in [0, 0.1) is 0 Å². The molecule has 0 radical (unpaired) electrons. The lowest BCUT2D eigenvalue weighted by atomic mass is 9.74. The molecule has 0 aromatic heterocycles. The van der Waals surface area contributed by atoms with E-state index in [1.807, 2.05) is 6.07 Å². The highest BCUT2D eigenvalue weighted by molar-refractivity contribution is 5.85. The van der Waals surface area contributed by atoms with Crippen molar-refractivity contribution in [3.8, 4) is 0 Å². The van der Waals surface area contributed by atoms with E-state index < -0.39 is 0 Å². The smallest absolute Gasteiger partial charge is 0.250 e. The normalized spacial score (nSPS) is 23.6. The van der Waals surface area contributed by atoms with Gasteiger partial charge in [0.25, 0.3) is 0 Å². The zero-order valence-electron chi connectivity index (χ0n) is 13.3. The number of morpholine rings is 1. The molecule has 1 atom stereocenters. The standard InChI is InChI=1S/C17H24N2O3.ClH/c20-16(15-12-18-8-11-22-15)19-13-17(6-9-21-10-7-17)14-4-2-1-3-5-14;/h1-5,15,18H,6-13H2,(H,19,20);1H. The Morgan fingerprint density at radius 3 is 2.61 bits per heavy atom. The van der Waals surface area contributed by atoms with Gasteiger partial charge in [0.2, 0.25) is 5.91 Å². The molecule has 5 nitrogen and oxygen atoms in total. The number of amides is 1. The van der Waals surface area contributed by atoms with E-state index in [0.717, 1.165) is 32.6 Å². The lowest BCUT2D eigenvalue weighted by Crippen LogP contribution is -2.51. The highest BCUT2D eigenvalue weighted by Gasteiger charge is 2.35. The first-order chi connectivity index (χ1) is 10.8. The van der Waals surface area contributed by atoms with E-state index >= 15 is 0 Å². The molecule has 6 heteroatoms. The van der Waals surface area contributed by atoms with E-state index in [0.29, 0.717) is 19.7 Å². The first kappa shape index (κ1) is 18.2. The molecule has 2 aliphatic heterocycles. The number of carbonyl (C=O) groups is 1. The maximum Gasteiger partial charge on any atom is 0.250 e. The minimum Gasteiger partial charge on any atom is -0.381 e. The van der Waals surface area contributed by atoms with Crippen LogP contribution < -0.4 is 10.6 Å². The highest BCUT2D eigenvalue weighted by atomic mass is 35.5. The number of benzene rings is 1. The second kappa shape index (κ2) is 8.64. The summed E-state index contributed by atoms with van der Waals surface area (Å²) < 4.78 is 11.0. The third kappa shape index (κ3) is 4.44. The number of rotatable bonds is 4. The summed E-state index contributed by atoms with van der Waals surface area (Å²) in [5.41, 5.74) is 1.25. The van der Waals surface area contributed by atoms with Gasteiger partial charge in [-0.25, -0.2) is 0 Å². The van der Waals surface area contributed by atoms with Crippen molar-refractivity contribution in [1.29, 1.82) is 0 Å². The van der Waals surface area contributed by atoms with Gasteiger partial charge in [0.1, 0.15) is 6.10 Å². The van der Waals surface area contributed by atoms with Crippen molar-refractivity contribution >= 4 is 18.3 Å². The Bertz CT molecular complexity index is 486. The first-order valence-electron chi connectivity index (χ1n) is 8.03. The van der Waals surface area contributed by atoms with Gasteiger partial charge in [0, 0.05) is 38.3 Å². The molecule has 2 N–H and O–H groups in total. The van der Waals surface area contributed by atoms with Crippen LogP contribution in [0.25, 0.3) is 0 Å². The molecule has 2 heterocycles. The minimum atomic E-state index is -0.374. The number of hydrogen-bond acceptors (Lipinski definition) is 4. The molecule has 0 spiro atoms. The fraction of sp³-hybridized carbons (Fsp3) is 0.588. The van der Waals surface area contributed by atoms with E-state index in [2.05, 4.69) is 34.9 Å². The Hall–Kier alpha value is -1.14. The summed E-state index contributed by atoms with van der Waals surface area (Å²) in [4.78, 5) is 12.3. The SMILES string of the molecule is Cl.O=C(NCC1(c2ccccc2)CCOCC1)C1CNCCO1. The summed E-state index contributed by atoms with van der Waals surface area (Å²) in [6, 6.07) is 10.4. The molecule has 128 valence electrons. The zero-order chi connectivity index (χ0) is 15.3. The van der Waals surface area contributed by atoms with Gasteiger partial charge >= 0.3 is 0 Å². The van der Waals surface area contributed by atoms with Crippen LogP contribution in [0.15, 0.2) is 30.3 Å². The number of carbonyl (C=O) groups excluding carboxylic acids is 1. The van der Waals surface area contributed by atoms with Crippen molar-refractivity contribution in [2.45, 2.75) is 24.4 Å². The molecule has 0 bridgehead atoms. The maximum atomic E-state index is 12.3. The molecule has 1 amide bonds. The van der Waals surface area contributed by atoms with Gasteiger partial charge in [-0.05, 0) is 18.4 Å². The van der Waals surface area contributed by atoms with E-state index in [1.54, 1.807) is 0 Å². The average Bonchev–Trinajstić information content (AvgIpc) is 2.62. The molecular weight excluding hydrogens is 316 g/mol. The lowest BCUT2D eigenvalue weighted by Gasteiger charge is -2.38. The predicted octanol–water partition coefficient (Wildman–Crippen LogP) is 1.26. The maximum absolute atomic E-state index is 12.3. The Morgan fingerprint density at radius 2 is 1.96 bits per heavy atom. The molecule has 1 aromatic rings. The zero-order valence-corrected chi connectivity index (χ0v) is 14.1. The summed E-state index contributed by atoms with van der Waals surface area (Å²) >= 11 is 0. The Kier molecular flexibility index (Phi) is 6.84. The molecule has 1 aromatic carbocycles. The molecule has 1 unspecified atom stereocenters.